The van der Waals surface area contributed by atoms with Crippen LogP contribution in [0.1, 0.15) is 64.5 Å². The molecule has 2 N–H and O–H groups in total. The van der Waals surface area contributed by atoms with Crippen LogP contribution in [0.15, 0.2) is 12.1 Å². The van der Waals surface area contributed by atoms with Crippen LogP contribution in [0.3, 0.4) is 0 Å². The van der Waals surface area contributed by atoms with E-state index in [0.717, 1.165) is 31.7 Å². The van der Waals surface area contributed by atoms with E-state index in [-0.39, 0.29) is 12.1 Å². The molecule has 1 aromatic rings. The smallest absolute Gasteiger partial charge is 0.330 e. The fourth-order valence-electron chi connectivity index (χ4n) is 3.03. The quantitative estimate of drug-likeness (QED) is 0.832. The zero-order chi connectivity index (χ0) is 18.8. The van der Waals surface area contributed by atoms with E-state index in [1.807, 2.05) is 40.7 Å². The zero-order valence-corrected chi connectivity index (χ0v) is 16.4. The number of ether oxygens (including phenoxy) is 1. The Labute approximate surface area is 151 Å². The van der Waals surface area contributed by atoms with Gasteiger partial charge in [0.05, 0.1) is 17.2 Å². The molecule has 1 saturated heterocycles. The predicted octanol–water partition coefficient (Wildman–Crippen LogP) is 4.05. The monoisotopic (exact) mass is 348 g/mol. The highest BCUT2D eigenvalue weighted by atomic mass is 16.7. The van der Waals surface area contributed by atoms with E-state index >= 15 is 0 Å². The molecule has 0 unspecified atom stereocenters. The van der Waals surface area contributed by atoms with Crippen LogP contribution in [0.5, 0.6) is 5.75 Å². The average Bonchev–Trinajstić information content (AvgIpc) is 2.49. The summed E-state index contributed by atoms with van der Waals surface area (Å²) in [7, 11) is 0. The van der Waals surface area contributed by atoms with E-state index in [1.165, 1.54) is 11.1 Å². The van der Waals surface area contributed by atoms with Crippen LogP contribution in [-0.4, -0.2) is 30.2 Å². The fourth-order valence-corrected chi connectivity index (χ4v) is 3.03. The summed E-state index contributed by atoms with van der Waals surface area (Å²) in [6.45, 7) is 13.2. The predicted molar refractivity (Wildman–Crippen MR) is 100 cm³/mol. The molecule has 2 rings (SSSR count). The highest BCUT2D eigenvalue weighted by molar-refractivity contribution is 5.75. The molecule has 140 valence electrons. The number of anilines is 1. The summed E-state index contributed by atoms with van der Waals surface area (Å²) in [6.07, 6.45) is 1.99. The Morgan fingerprint density at radius 2 is 1.84 bits per heavy atom. The van der Waals surface area contributed by atoms with Gasteiger partial charge in [0.2, 0.25) is 0 Å². The maximum absolute atomic E-state index is 12.0. The molecule has 1 heterocycles. The Kier molecular flexibility index (Phi) is 5.99. The number of carbonyl (C=O) groups is 1. The Bertz CT molecular complexity index is 612. The first-order chi connectivity index (χ1) is 11.6. The molecule has 1 aliphatic heterocycles. The summed E-state index contributed by atoms with van der Waals surface area (Å²) >= 11 is 0. The molecule has 5 nitrogen and oxygen atoms in total. The second-order valence-corrected chi connectivity index (χ2v) is 8.25. The van der Waals surface area contributed by atoms with Crippen LogP contribution in [0.4, 0.5) is 5.69 Å². The van der Waals surface area contributed by atoms with Crippen molar-refractivity contribution in [3.05, 3.63) is 23.3 Å². The number of nitrogen functional groups attached to an aromatic ring is 1. The van der Waals surface area contributed by atoms with Crippen molar-refractivity contribution in [1.82, 2.24) is 5.06 Å². The minimum atomic E-state index is -0.479. The number of rotatable bonds is 4. The standard InChI is InChI=1S/C20H32N2O3/c1-13(2)24-18-12-16(14(3)11-17(18)21)15-7-9-22(10-8-15)25-19(23)20(4,5)6/h11-13,15H,7-10,21H2,1-6H3. The number of benzene rings is 1. The fraction of sp³-hybridized carbons (Fsp3) is 0.650. The first-order valence-corrected chi connectivity index (χ1v) is 9.12. The maximum Gasteiger partial charge on any atom is 0.330 e. The van der Waals surface area contributed by atoms with Gasteiger partial charge in [-0.25, -0.2) is 4.79 Å². The number of hydroxylamine groups is 2. The Morgan fingerprint density at radius 1 is 1.24 bits per heavy atom. The summed E-state index contributed by atoms with van der Waals surface area (Å²) < 4.78 is 5.84. The number of carbonyl (C=O) groups excluding carboxylic acids is 1. The number of aryl methyl sites for hydroxylation is 1. The summed E-state index contributed by atoms with van der Waals surface area (Å²) in [6, 6.07) is 4.09. The molecule has 0 spiro atoms. The van der Waals surface area contributed by atoms with Crippen molar-refractivity contribution in [1.29, 1.82) is 0 Å². The summed E-state index contributed by atoms with van der Waals surface area (Å²) in [5, 5.41) is 1.79. The maximum atomic E-state index is 12.0. The summed E-state index contributed by atoms with van der Waals surface area (Å²) in [5.41, 5.74) is 8.78. The van der Waals surface area contributed by atoms with Gasteiger partial charge in [0, 0.05) is 13.1 Å². The lowest BCUT2D eigenvalue weighted by atomic mass is 9.87. The van der Waals surface area contributed by atoms with Crippen molar-refractivity contribution in [2.24, 2.45) is 5.41 Å². The third-order valence-electron chi connectivity index (χ3n) is 4.48. The molecule has 0 aromatic heterocycles. The second kappa shape index (κ2) is 7.65. The number of nitrogens with two attached hydrogens (primary N) is 1. The van der Waals surface area contributed by atoms with Crippen molar-refractivity contribution < 1.29 is 14.4 Å². The molecule has 1 fully saturated rings. The van der Waals surface area contributed by atoms with E-state index in [4.69, 9.17) is 15.3 Å². The van der Waals surface area contributed by atoms with E-state index in [9.17, 15) is 4.79 Å². The zero-order valence-electron chi connectivity index (χ0n) is 16.4. The van der Waals surface area contributed by atoms with Gasteiger partial charge < -0.3 is 15.3 Å². The summed E-state index contributed by atoms with van der Waals surface area (Å²) in [4.78, 5) is 17.5. The topological polar surface area (TPSA) is 64.8 Å². The van der Waals surface area contributed by atoms with E-state index < -0.39 is 5.41 Å². The van der Waals surface area contributed by atoms with E-state index in [2.05, 4.69) is 13.0 Å². The van der Waals surface area contributed by atoms with Crippen LogP contribution in [-0.2, 0) is 9.63 Å². The number of piperidine rings is 1. The molecule has 5 heteroatoms. The lowest BCUT2D eigenvalue weighted by Crippen LogP contribution is -2.38. The van der Waals surface area contributed by atoms with Crippen molar-refractivity contribution in [3.8, 4) is 5.75 Å². The largest absolute Gasteiger partial charge is 0.489 e. The molecule has 0 atom stereocenters. The third kappa shape index (κ3) is 5.11. The van der Waals surface area contributed by atoms with Crippen molar-refractivity contribution in [3.63, 3.8) is 0 Å². The molecular weight excluding hydrogens is 316 g/mol. The number of nitrogens with zero attached hydrogens (tertiary/aromatic N) is 1. The first-order valence-electron chi connectivity index (χ1n) is 9.12. The normalized spacial score (nSPS) is 16.9. The minimum Gasteiger partial charge on any atom is -0.489 e. The Balaban J connectivity index is 2.04. The van der Waals surface area contributed by atoms with Crippen molar-refractivity contribution >= 4 is 11.7 Å². The van der Waals surface area contributed by atoms with Gasteiger partial charge in [-0.1, -0.05) is 0 Å². The Morgan fingerprint density at radius 3 is 2.36 bits per heavy atom. The highest BCUT2D eigenvalue weighted by Gasteiger charge is 2.29. The van der Waals surface area contributed by atoms with Gasteiger partial charge in [-0.3, -0.25) is 0 Å². The van der Waals surface area contributed by atoms with Crippen LogP contribution in [0.25, 0.3) is 0 Å². The molecule has 25 heavy (non-hydrogen) atoms. The molecule has 1 aromatic carbocycles. The van der Waals surface area contributed by atoms with Gasteiger partial charge >= 0.3 is 5.97 Å². The van der Waals surface area contributed by atoms with E-state index in [1.54, 1.807) is 5.06 Å². The van der Waals surface area contributed by atoms with Gasteiger partial charge in [-0.05, 0) is 83.6 Å². The van der Waals surface area contributed by atoms with Crippen LogP contribution in [0, 0.1) is 12.3 Å². The van der Waals surface area contributed by atoms with Crippen molar-refractivity contribution in [2.45, 2.75) is 66.4 Å². The number of hydrogen-bond acceptors (Lipinski definition) is 5. The van der Waals surface area contributed by atoms with Gasteiger partial charge in [0.1, 0.15) is 5.75 Å². The van der Waals surface area contributed by atoms with Gasteiger partial charge in [-0.2, -0.15) is 0 Å². The van der Waals surface area contributed by atoms with Gasteiger partial charge in [-0.15, -0.1) is 5.06 Å². The highest BCUT2D eigenvalue weighted by Crippen LogP contribution is 2.36. The lowest BCUT2D eigenvalue weighted by molar-refractivity contribution is -0.204. The van der Waals surface area contributed by atoms with Crippen LogP contribution in [0.2, 0.25) is 0 Å². The molecule has 0 bridgehead atoms. The van der Waals surface area contributed by atoms with Crippen LogP contribution >= 0.6 is 0 Å². The number of hydrogen-bond donors (Lipinski definition) is 1. The summed E-state index contributed by atoms with van der Waals surface area (Å²) in [5.74, 6) is 1.01. The van der Waals surface area contributed by atoms with Crippen LogP contribution < -0.4 is 10.5 Å². The molecular formula is C20H32N2O3. The molecule has 0 saturated carbocycles. The molecule has 1 aliphatic rings. The molecule has 0 radical (unpaired) electrons. The SMILES string of the molecule is Cc1cc(N)c(OC(C)C)cc1C1CCN(OC(=O)C(C)(C)C)CC1. The van der Waals surface area contributed by atoms with Crippen molar-refractivity contribution in [2.75, 3.05) is 18.8 Å². The van der Waals surface area contributed by atoms with E-state index in [0.29, 0.717) is 11.6 Å². The molecule has 0 aliphatic carbocycles. The first kappa shape index (κ1) is 19.6. The van der Waals surface area contributed by atoms with Gasteiger partial charge in [0.25, 0.3) is 0 Å². The third-order valence-corrected chi connectivity index (χ3v) is 4.48. The Hall–Kier alpha value is -1.75. The minimum absolute atomic E-state index is 0.0940. The second-order valence-electron chi connectivity index (χ2n) is 8.25. The average molecular weight is 348 g/mol. The lowest BCUT2D eigenvalue weighted by Gasteiger charge is -2.33. The van der Waals surface area contributed by atoms with Gasteiger partial charge in [0.15, 0.2) is 0 Å². The molecule has 0 amide bonds.